The van der Waals surface area contributed by atoms with Crippen LogP contribution < -0.4 is 16.2 Å². The Labute approximate surface area is 185 Å². The van der Waals surface area contributed by atoms with Crippen LogP contribution in [0.3, 0.4) is 0 Å². The Bertz CT molecular complexity index is 1280. The number of carbonyl (C=O) groups excluding carboxylic acids is 1. The van der Waals surface area contributed by atoms with Crippen LogP contribution in [-0.4, -0.2) is 32.0 Å². The van der Waals surface area contributed by atoms with E-state index in [2.05, 4.69) is 25.6 Å². The quantitative estimate of drug-likeness (QED) is 0.447. The van der Waals surface area contributed by atoms with Crippen molar-refractivity contribution in [3.8, 4) is 0 Å². The summed E-state index contributed by atoms with van der Waals surface area (Å²) < 4.78 is 1.42. The first-order chi connectivity index (χ1) is 15.6. The maximum Gasteiger partial charge on any atom is 0.293 e. The first-order valence-electron chi connectivity index (χ1n) is 10.4. The number of aromatic nitrogens is 4. The monoisotopic (exact) mass is 428 g/mol. The van der Waals surface area contributed by atoms with Crippen molar-refractivity contribution in [1.29, 1.82) is 0 Å². The van der Waals surface area contributed by atoms with Gasteiger partial charge in [-0.15, -0.1) is 0 Å². The highest BCUT2D eigenvalue weighted by atomic mass is 16.2. The second-order valence-electron chi connectivity index (χ2n) is 7.41. The van der Waals surface area contributed by atoms with Crippen molar-refractivity contribution >= 4 is 22.6 Å². The average Bonchev–Trinajstić information content (AvgIpc) is 2.82. The molecule has 8 heteroatoms. The third-order valence-electron chi connectivity index (χ3n) is 5.15. The summed E-state index contributed by atoms with van der Waals surface area (Å²) in [6.45, 7) is 2.53. The lowest BCUT2D eigenvalue weighted by molar-refractivity contribution is -0.121. The number of pyridine rings is 2. The predicted octanol–water partition coefficient (Wildman–Crippen LogP) is 2.47. The minimum atomic E-state index is -0.326. The van der Waals surface area contributed by atoms with Crippen LogP contribution in [0.5, 0.6) is 0 Å². The van der Waals surface area contributed by atoms with Crippen LogP contribution >= 0.6 is 0 Å². The summed E-state index contributed by atoms with van der Waals surface area (Å²) in [7, 11) is 0. The van der Waals surface area contributed by atoms with Gasteiger partial charge in [-0.05, 0) is 30.7 Å². The number of hydrogen-bond acceptors (Lipinski definition) is 6. The highest BCUT2D eigenvalue weighted by Gasteiger charge is 2.12. The van der Waals surface area contributed by atoms with E-state index in [1.165, 1.54) is 4.57 Å². The van der Waals surface area contributed by atoms with Gasteiger partial charge in [-0.2, -0.15) is 0 Å². The molecule has 0 spiro atoms. The molecule has 4 rings (SSSR count). The molecule has 0 atom stereocenters. The topological polar surface area (TPSA) is 102 Å². The summed E-state index contributed by atoms with van der Waals surface area (Å²) in [6, 6.07) is 15.4. The normalized spacial score (nSPS) is 10.8. The molecule has 0 unspecified atom stereocenters. The minimum absolute atomic E-state index is 0.0830. The highest BCUT2D eigenvalue weighted by molar-refractivity contribution is 5.82. The largest absolute Gasteiger partial charge is 0.365 e. The zero-order valence-electron chi connectivity index (χ0n) is 17.8. The van der Waals surface area contributed by atoms with Gasteiger partial charge in [-0.1, -0.05) is 30.3 Å². The van der Waals surface area contributed by atoms with E-state index in [1.807, 2.05) is 48.5 Å². The molecule has 0 radical (unpaired) electrons. The Hall–Kier alpha value is -4.07. The number of nitrogens with one attached hydrogen (secondary N) is 2. The Morgan fingerprint density at radius 3 is 2.69 bits per heavy atom. The van der Waals surface area contributed by atoms with Crippen molar-refractivity contribution < 1.29 is 4.79 Å². The number of para-hydroxylation sites is 1. The average molecular weight is 428 g/mol. The zero-order valence-corrected chi connectivity index (χ0v) is 17.8. The van der Waals surface area contributed by atoms with Gasteiger partial charge in [-0.25, -0.2) is 4.98 Å². The molecule has 2 N–H and O–H groups in total. The third-order valence-corrected chi connectivity index (χ3v) is 5.15. The maximum atomic E-state index is 12.8. The number of rotatable bonds is 8. The lowest BCUT2D eigenvalue weighted by Crippen LogP contribution is -2.34. The van der Waals surface area contributed by atoms with Crippen molar-refractivity contribution in [2.24, 2.45) is 0 Å². The second-order valence-corrected chi connectivity index (χ2v) is 7.41. The van der Waals surface area contributed by atoms with E-state index in [4.69, 9.17) is 0 Å². The Morgan fingerprint density at radius 2 is 1.84 bits per heavy atom. The standard InChI is InChI=1S/C24H24N6O2/c1-17-14-29-23(27-13-10-20-9-2-3-11-25-20)24(32)30(17)16-21(31)28-15-19-7-4-6-18-8-5-12-26-22(18)19/h2-9,11-12,14H,10,13,15-16H2,1H3,(H,27,29)(H,28,31). The molecule has 0 aliphatic rings. The van der Waals surface area contributed by atoms with E-state index in [0.29, 0.717) is 25.2 Å². The van der Waals surface area contributed by atoms with Crippen LogP contribution in [0.4, 0.5) is 5.82 Å². The lowest BCUT2D eigenvalue weighted by atomic mass is 10.1. The van der Waals surface area contributed by atoms with Gasteiger partial charge in [0.25, 0.3) is 5.56 Å². The molecule has 162 valence electrons. The van der Waals surface area contributed by atoms with Crippen molar-refractivity contribution in [2.75, 3.05) is 11.9 Å². The molecular formula is C24H24N6O2. The van der Waals surface area contributed by atoms with Gasteiger partial charge in [0.05, 0.1) is 5.52 Å². The molecule has 0 aliphatic heterocycles. The molecule has 4 aromatic rings. The summed E-state index contributed by atoms with van der Waals surface area (Å²) in [5.74, 6) is -0.0358. The van der Waals surface area contributed by atoms with Crippen molar-refractivity contribution in [2.45, 2.75) is 26.4 Å². The van der Waals surface area contributed by atoms with Gasteiger partial charge in [0, 0.05) is 54.9 Å². The molecule has 0 bridgehead atoms. The number of carbonyl (C=O) groups is 1. The fourth-order valence-corrected chi connectivity index (χ4v) is 3.45. The van der Waals surface area contributed by atoms with Crippen LogP contribution in [0.15, 0.2) is 71.9 Å². The zero-order chi connectivity index (χ0) is 22.3. The molecule has 3 heterocycles. The first-order valence-corrected chi connectivity index (χ1v) is 10.4. The van der Waals surface area contributed by atoms with E-state index in [1.54, 1.807) is 25.5 Å². The smallest absolute Gasteiger partial charge is 0.293 e. The molecular weight excluding hydrogens is 404 g/mol. The van der Waals surface area contributed by atoms with Crippen LogP contribution in [0, 0.1) is 6.92 Å². The Morgan fingerprint density at radius 1 is 1.00 bits per heavy atom. The molecule has 32 heavy (non-hydrogen) atoms. The summed E-state index contributed by atoms with van der Waals surface area (Å²) >= 11 is 0. The molecule has 0 saturated heterocycles. The fraction of sp³-hybridized carbons (Fsp3) is 0.208. The summed E-state index contributed by atoms with van der Waals surface area (Å²) in [5, 5.41) is 6.96. The molecule has 0 fully saturated rings. The summed E-state index contributed by atoms with van der Waals surface area (Å²) in [6.07, 6.45) is 5.72. The van der Waals surface area contributed by atoms with Gasteiger partial charge in [0.1, 0.15) is 6.54 Å². The highest BCUT2D eigenvalue weighted by Crippen LogP contribution is 2.15. The summed E-state index contributed by atoms with van der Waals surface area (Å²) in [5.41, 5.74) is 2.99. The summed E-state index contributed by atoms with van der Waals surface area (Å²) in [4.78, 5) is 38.3. The first kappa shape index (κ1) is 21.2. The third kappa shape index (κ3) is 4.97. The van der Waals surface area contributed by atoms with Crippen molar-refractivity contribution in [3.63, 3.8) is 0 Å². The van der Waals surface area contributed by atoms with E-state index >= 15 is 0 Å². The van der Waals surface area contributed by atoms with Crippen LogP contribution in [-0.2, 0) is 24.3 Å². The number of benzene rings is 1. The number of hydrogen-bond donors (Lipinski definition) is 2. The molecule has 0 saturated carbocycles. The van der Waals surface area contributed by atoms with Gasteiger partial charge < -0.3 is 10.6 Å². The Kier molecular flexibility index (Phi) is 6.50. The van der Waals surface area contributed by atoms with Crippen molar-refractivity contribution in [3.05, 3.63) is 94.4 Å². The van der Waals surface area contributed by atoms with Gasteiger partial charge in [0.2, 0.25) is 5.91 Å². The minimum Gasteiger partial charge on any atom is -0.365 e. The predicted molar refractivity (Wildman–Crippen MR) is 123 cm³/mol. The number of fused-ring (bicyclic) bond motifs is 1. The van der Waals surface area contributed by atoms with Gasteiger partial charge >= 0.3 is 0 Å². The molecule has 3 aromatic heterocycles. The number of amides is 1. The van der Waals surface area contributed by atoms with E-state index in [-0.39, 0.29) is 23.8 Å². The van der Waals surface area contributed by atoms with Gasteiger partial charge in [0.15, 0.2) is 5.82 Å². The number of nitrogens with zero attached hydrogens (tertiary/aromatic N) is 4. The second kappa shape index (κ2) is 9.82. The van der Waals surface area contributed by atoms with Crippen LogP contribution in [0.2, 0.25) is 0 Å². The molecule has 8 nitrogen and oxygen atoms in total. The number of anilines is 1. The van der Waals surface area contributed by atoms with Gasteiger partial charge in [-0.3, -0.25) is 24.1 Å². The van der Waals surface area contributed by atoms with Crippen LogP contribution in [0.1, 0.15) is 17.0 Å². The number of aryl methyl sites for hydroxylation is 1. The van der Waals surface area contributed by atoms with Crippen LogP contribution in [0.25, 0.3) is 10.9 Å². The van der Waals surface area contributed by atoms with E-state index in [0.717, 1.165) is 22.2 Å². The Balaban J connectivity index is 1.40. The van der Waals surface area contributed by atoms with Crippen molar-refractivity contribution in [1.82, 2.24) is 24.8 Å². The fourth-order valence-electron chi connectivity index (χ4n) is 3.45. The molecule has 0 aliphatic carbocycles. The molecule has 1 amide bonds. The van der Waals surface area contributed by atoms with E-state index < -0.39 is 0 Å². The SMILES string of the molecule is Cc1cnc(NCCc2ccccn2)c(=O)n1CC(=O)NCc1cccc2cccnc12. The molecule has 1 aromatic carbocycles. The lowest BCUT2D eigenvalue weighted by Gasteiger charge is -2.13. The van der Waals surface area contributed by atoms with E-state index in [9.17, 15) is 9.59 Å². The maximum absolute atomic E-state index is 12.8.